The number of ketones is 1. The zero-order valence-electron chi connectivity index (χ0n) is 11.8. The van der Waals surface area contributed by atoms with Gasteiger partial charge in [-0.05, 0) is 26.0 Å². The number of aliphatic hydroxyl groups is 1. The van der Waals surface area contributed by atoms with Crippen LogP contribution in [0.25, 0.3) is 0 Å². The number of fused-ring (bicyclic) bond motifs is 1. The molecule has 0 saturated carbocycles. The van der Waals surface area contributed by atoms with Gasteiger partial charge in [-0.3, -0.25) is 19.3 Å². The van der Waals surface area contributed by atoms with Gasteiger partial charge in [0.05, 0.1) is 11.1 Å². The number of rotatable bonds is 3. The lowest BCUT2D eigenvalue weighted by Gasteiger charge is -2.12. The molecule has 5 nitrogen and oxygen atoms in total. The summed E-state index contributed by atoms with van der Waals surface area (Å²) in [5.41, 5.74) is -0.903. The maximum Gasteiger partial charge on any atom is 0.261 e. The van der Waals surface area contributed by atoms with E-state index < -0.39 is 11.4 Å². The van der Waals surface area contributed by atoms with Crippen LogP contribution in [0.4, 0.5) is 0 Å². The first-order valence-corrected chi connectivity index (χ1v) is 6.53. The van der Waals surface area contributed by atoms with Gasteiger partial charge < -0.3 is 5.11 Å². The van der Waals surface area contributed by atoms with Crippen molar-refractivity contribution in [1.29, 1.82) is 0 Å². The zero-order valence-corrected chi connectivity index (χ0v) is 11.8. The van der Waals surface area contributed by atoms with E-state index in [4.69, 9.17) is 0 Å². The van der Waals surface area contributed by atoms with Crippen molar-refractivity contribution >= 4 is 17.6 Å². The van der Waals surface area contributed by atoms with Crippen molar-refractivity contribution in [2.24, 2.45) is 0 Å². The number of carbonyl (C=O) groups is 3. The predicted octanol–water partition coefficient (Wildman–Crippen LogP) is 1.02. The minimum atomic E-state index is -1.69. The van der Waals surface area contributed by atoms with E-state index in [1.54, 1.807) is 24.3 Å². The number of hydrogen-bond donors (Lipinski definition) is 1. The molecular formula is C16H15NO4. The fraction of sp³-hybridized carbons (Fsp3) is 0.312. The van der Waals surface area contributed by atoms with E-state index in [-0.39, 0.29) is 24.8 Å². The summed E-state index contributed by atoms with van der Waals surface area (Å²) in [5.74, 6) is 3.95. The molecule has 0 fully saturated rings. The summed E-state index contributed by atoms with van der Waals surface area (Å²) < 4.78 is 0. The van der Waals surface area contributed by atoms with Crippen molar-refractivity contribution in [2.45, 2.75) is 25.9 Å². The fourth-order valence-electron chi connectivity index (χ4n) is 1.93. The summed E-state index contributed by atoms with van der Waals surface area (Å²) in [6.07, 6.45) is 0.203. The highest BCUT2D eigenvalue weighted by molar-refractivity contribution is 6.21. The Kier molecular flexibility index (Phi) is 3.92. The number of Topliss-reactive ketones (excluding diaryl/α,β-unsaturated/α-hetero) is 1. The van der Waals surface area contributed by atoms with Gasteiger partial charge >= 0.3 is 0 Å². The van der Waals surface area contributed by atoms with Crippen molar-refractivity contribution in [3.8, 4) is 11.8 Å². The fourth-order valence-corrected chi connectivity index (χ4v) is 1.93. The van der Waals surface area contributed by atoms with Crippen LogP contribution in [0.5, 0.6) is 0 Å². The molecule has 1 unspecified atom stereocenters. The topological polar surface area (TPSA) is 74.7 Å². The maximum atomic E-state index is 12.1. The van der Waals surface area contributed by atoms with Gasteiger partial charge in [0.15, 0.2) is 11.4 Å². The van der Waals surface area contributed by atoms with Gasteiger partial charge in [0, 0.05) is 13.0 Å². The molecule has 0 aromatic heterocycles. The molecule has 5 heteroatoms. The third-order valence-electron chi connectivity index (χ3n) is 3.36. The van der Waals surface area contributed by atoms with Crippen molar-refractivity contribution in [1.82, 2.24) is 4.90 Å². The van der Waals surface area contributed by atoms with Gasteiger partial charge in [-0.25, -0.2) is 0 Å². The van der Waals surface area contributed by atoms with Crippen LogP contribution >= 0.6 is 0 Å². The Morgan fingerprint density at radius 1 is 1.24 bits per heavy atom. The Bertz CT molecular complexity index is 644. The van der Waals surface area contributed by atoms with E-state index >= 15 is 0 Å². The number of nitrogens with zero attached hydrogens (tertiary/aromatic N) is 1. The van der Waals surface area contributed by atoms with E-state index in [0.717, 1.165) is 4.90 Å². The lowest BCUT2D eigenvalue weighted by Crippen LogP contribution is -2.32. The average Bonchev–Trinajstić information content (AvgIpc) is 2.68. The number of benzene rings is 1. The molecule has 21 heavy (non-hydrogen) atoms. The summed E-state index contributed by atoms with van der Waals surface area (Å²) >= 11 is 0. The first kappa shape index (κ1) is 14.9. The minimum absolute atomic E-state index is 0.132. The predicted molar refractivity (Wildman–Crippen MR) is 75.5 cm³/mol. The second-order valence-electron chi connectivity index (χ2n) is 4.99. The molecule has 1 N–H and O–H groups in total. The van der Waals surface area contributed by atoms with Crippen LogP contribution in [0, 0.1) is 11.8 Å². The van der Waals surface area contributed by atoms with Crippen LogP contribution in [0.15, 0.2) is 24.3 Å². The number of amides is 2. The van der Waals surface area contributed by atoms with Gasteiger partial charge in [-0.15, -0.1) is 0 Å². The maximum absolute atomic E-state index is 12.1. The second kappa shape index (κ2) is 5.51. The van der Waals surface area contributed by atoms with Gasteiger partial charge in [-0.2, -0.15) is 0 Å². The van der Waals surface area contributed by atoms with Crippen LogP contribution in [0.3, 0.4) is 0 Å². The molecule has 1 aliphatic rings. The van der Waals surface area contributed by atoms with E-state index in [1.165, 1.54) is 13.8 Å². The molecule has 2 amide bonds. The molecule has 2 rings (SSSR count). The van der Waals surface area contributed by atoms with Crippen LogP contribution in [-0.4, -0.2) is 39.7 Å². The highest BCUT2D eigenvalue weighted by atomic mass is 16.3. The summed E-state index contributed by atoms with van der Waals surface area (Å²) in [6.45, 7) is 2.69. The number of hydrogen-bond acceptors (Lipinski definition) is 4. The van der Waals surface area contributed by atoms with Gasteiger partial charge in [0.25, 0.3) is 11.8 Å². The third kappa shape index (κ3) is 2.86. The summed E-state index contributed by atoms with van der Waals surface area (Å²) in [6, 6.07) is 6.64. The highest BCUT2D eigenvalue weighted by Crippen LogP contribution is 2.22. The van der Waals surface area contributed by atoms with Crippen LogP contribution in [0.1, 0.15) is 41.0 Å². The quantitative estimate of drug-likeness (QED) is 0.664. The first-order chi connectivity index (χ1) is 9.84. The summed E-state index contributed by atoms with van der Waals surface area (Å²) in [5, 5.41) is 9.66. The van der Waals surface area contributed by atoms with Gasteiger partial charge in [0.2, 0.25) is 0 Å². The van der Waals surface area contributed by atoms with E-state index in [1.807, 2.05) is 0 Å². The zero-order chi connectivity index (χ0) is 15.6. The van der Waals surface area contributed by atoms with E-state index in [9.17, 15) is 19.5 Å². The minimum Gasteiger partial charge on any atom is -0.371 e. The van der Waals surface area contributed by atoms with Crippen LogP contribution in [-0.2, 0) is 4.79 Å². The lowest BCUT2D eigenvalue weighted by molar-refractivity contribution is -0.128. The molecule has 1 aromatic rings. The monoisotopic (exact) mass is 285 g/mol. The largest absolute Gasteiger partial charge is 0.371 e. The summed E-state index contributed by atoms with van der Waals surface area (Å²) in [4.78, 5) is 36.3. The molecule has 108 valence electrons. The molecule has 1 atom stereocenters. The Morgan fingerprint density at radius 2 is 1.76 bits per heavy atom. The van der Waals surface area contributed by atoms with E-state index in [2.05, 4.69) is 11.8 Å². The van der Waals surface area contributed by atoms with Crippen molar-refractivity contribution in [3.05, 3.63) is 35.4 Å². The molecule has 1 aromatic carbocycles. The molecule has 1 heterocycles. The Balaban J connectivity index is 2.04. The first-order valence-electron chi connectivity index (χ1n) is 6.53. The van der Waals surface area contributed by atoms with Crippen molar-refractivity contribution in [3.63, 3.8) is 0 Å². The molecule has 0 aliphatic carbocycles. The smallest absolute Gasteiger partial charge is 0.261 e. The molecule has 1 aliphatic heterocycles. The lowest BCUT2D eigenvalue weighted by atomic mass is 10.0. The van der Waals surface area contributed by atoms with Crippen molar-refractivity contribution < 1.29 is 19.5 Å². The van der Waals surface area contributed by atoms with Crippen LogP contribution < -0.4 is 0 Å². The Hall–Kier alpha value is -2.45. The standard InChI is InChI=1S/C16H15NO4/c1-11(18)16(2,21)9-5-6-10-17-14(19)12-7-3-4-8-13(12)15(17)20/h3-4,7-8,21H,6,10H2,1-2H3. The van der Waals surface area contributed by atoms with Crippen molar-refractivity contribution in [2.75, 3.05) is 6.54 Å². The Labute approximate surface area is 122 Å². The molecular weight excluding hydrogens is 270 g/mol. The van der Waals surface area contributed by atoms with Gasteiger partial charge in [-0.1, -0.05) is 24.0 Å². The third-order valence-corrected chi connectivity index (χ3v) is 3.36. The normalized spacial score (nSPS) is 16.0. The van der Waals surface area contributed by atoms with Crippen LogP contribution in [0.2, 0.25) is 0 Å². The summed E-state index contributed by atoms with van der Waals surface area (Å²) in [7, 11) is 0. The number of imide groups is 1. The Morgan fingerprint density at radius 3 is 2.24 bits per heavy atom. The second-order valence-corrected chi connectivity index (χ2v) is 4.99. The molecule has 0 saturated heterocycles. The highest BCUT2D eigenvalue weighted by Gasteiger charge is 2.34. The van der Waals surface area contributed by atoms with E-state index in [0.29, 0.717) is 11.1 Å². The molecule has 0 bridgehead atoms. The molecule has 0 radical (unpaired) electrons. The SMILES string of the molecule is CC(=O)C(C)(O)C#CCCN1C(=O)c2ccccc2C1=O. The molecule has 0 spiro atoms. The average molecular weight is 285 g/mol. The number of carbonyl (C=O) groups excluding carboxylic acids is 3. The van der Waals surface area contributed by atoms with Gasteiger partial charge in [0.1, 0.15) is 0 Å².